The molecule has 0 radical (unpaired) electrons. The third kappa shape index (κ3) is 7.05. The maximum atomic E-state index is 13.5. The Hall–Kier alpha value is -4.25. The molecule has 3 aromatic carbocycles. The first-order chi connectivity index (χ1) is 21.0. The molecule has 0 aliphatic carbocycles. The first-order valence-electron chi connectivity index (χ1n) is 14.2. The lowest BCUT2D eigenvalue weighted by Crippen LogP contribution is -2.36. The van der Waals surface area contributed by atoms with Gasteiger partial charge in [0, 0.05) is 49.4 Å². The molecule has 1 aromatic heterocycles. The van der Waals surface area contributed by atoms with Crippen LogP contribution in [0, 0.1) is 5.82 Å². The summed E-state index contributed by atoms with van der Waals surface area (Å²) in [5, 5.41) is 4.44. The minimum absolute atomic E-state index is 0.105. The molecule has 0 spiro atoms. The molecule has 2 aliphatic heterocycles. The average molecular weight is 604 g/mol. The van der Waals surface area contributed by atoms with E-state index in [-0.39, 0.29) is 18.3 Å². The molecule has 43 heavy (non-hydrogen) atoms. The van der Waals surface area contributed by atoms with Gasteiger partial charge in [0.25, 0.3) is 5.91 Å². The Morgan fingerprint density at radius 3 is 2.79 bits per heavy atom. The van der Waals surface area contributed by atoms with Crippen LogP contribution in [0.15, 0.2) is 73.1 Å². The maximum absolute atomic E-state index is 13.5. The fourth-order valence-electron chi connectivity index (χ4n) is 5.05. The number of halogens is 2. The lowest BCUT2D eigenvalue weighted by atomic mass is 10.1. The third-order valence-corrected chi connectivity index (χ3v) is 7.56. The zero-order valence-corrected chi connectivity index (χ0v) is 24.2. The molecular formula is C32H31ClFN5O4. The van der Waals surface area contributed by atoms with Gasteiger partial charge in [-0.25, -0.2) is 14.4 Å². The van der Waals surface area contributed by atoms with Crippen molar-refractivity contribution in [2.24, 2.45) is 0 Å². The summed E-state index contributed by atoms with van der Waals surface area (Å²) in [6.07, 6.45) is 5.72. The van der Waals surface area contributed by atoms with Crippen LogP contribution >= 0.6 is 11.6 Å². The fourth-order valence-corrected chi connectivity index (χ4v) is 5.28. The van der Waals surface area contributed by atoms with Crippen LogP contribution in [0.1, 0.15) is 12.0 Å². The second-order valence-electron chi connectivity index (χ2n) is 10.3. The number of hydrogen-bond acceptors (Lipinski definition) is 8. The van der Waals surface area contributed by atoms with Gasteiger partial charge in [-0.05, 0) is 48.4 Å². The van der Waals surface area contributed by atoms with E-state index in [0.717, 1.165) is 18.5 Å². The fraction of sp³-hybridized carbons (Fsp3) is 0.281. The van der Waals surface area contributed by atoms with Gasteiger partial charge in [-0.1, -0.05) is 29.8 Å². The lowest BCUT2D eigenvalue weighted by Gasteiger charge is -2.25. The predicted octanol–water partition coefficient (Wildman–Crippen LogP) is 5.75. The van der Waals surface area contributed by atoms with Crippen molar-refractivity contribution in [3.05, 3.63) is 89.5 Å². The monoisotopic (exact) mass is 603 g/mol. The molecule has 11 heteroatoms. The van der Waals surface area contributed by atoms with E-state index < -0.39 is 0 Å². The Balaban J connectivity index is 1.21. The Labute approximate surface area is 253 Å². The van der Waals surface area contributed by atoms with Crippen molar-refractivity contribution in [2.75, 3.05) is 56.2 Å². The highest BCUT2D eigenvalue weighted by atomic mass is 35.5. The van der Waals surface area contributed by atoms with Crippen molar-refractivity contribution in [2.45, 2.75) is 13.0 Å². The Kier molecular flexibility index (Phi) is 8.97. The van der Waals surface area contributed by atoms with Crippen LogP contribution in [0.25, 0.3) is 10.9 Å². The summed E-state index contributed by atoms with van der Waals surface area (Å²) >= 11 is 6.52. The minimum Gasteiger partial charge on any atom is -0.491 e. The summed E-state index contributed by atoms with van der Waals surface area (Å²) in [4.78, 5) is 26.3. The van der Waals surface area contributed by atoms with Gasteiger partial charge in [-0.3, -0.25) is 9.69 Å². The number of fused-ring (bicyclic) bond motifs is 2. The molecule has 4 aromatic rings. The summed E-state index contributed by atoms with van der Waals surface area (Å²) in [5.41, 5.74) is 2.74. The zero-order valence-electron chi connectivity index (χ0n) is 23.5. The van der Waals surface area contributed by atoms with Gasteiger partial charge in [-0.2, -0.15) is 0 Å². The van der Waals surface area contributed by atoms with Crippen LogP contribution in [-0.4, -0.2) is 66.8 Å². The van der Waals surface area contributed by atoms with E-state index in [1.165, 1.54) is 18.5 Å². The average Bonchev–Trinajstić information content (AvgIpc) is 3.22. The Morgan fingerprint density at radius 1 is 1.07 bits per heavy atom. The highest BCUT2D eigenvalue weighted by molar-refractivity contribution is 6.32. The molecule has 1 saturated heterocycles. The number of morpholine rings is 1. The molecule has 2 aliphatic rings. The molecule has 9 nitrogen and oxygen atoms in total. The summed E-state index contributed by atoms with van der Waals surface area (Å²) in [6.45, 7) is 5.06. The van der Waals surface area contributed by atoms with Crippen LogP contribution in [0.3, 0.4) is 0 Å². The standard InChI is InChI=1S/C32H31ClFN5O4/c33-26-17-24(7-8-29(26)43-20-22-4-1-5-23(34)16-22)37-32-25-18-28-30(19-27(25)35-21-36-32)42-13-3-10-39(28)31(40)6-2-9-38-11-14-41-15-12-38/h1-2,4-8,16-19,21H,3,9-15,20H2,(H,35,36,37)/b6-2+. The topological polar surface area (TPSA) is 89.1 Å². The molecule has 222 valence electrons. The smallest absolute Gasteiger partial charge is 0.250 e. The highest BCUT2D eigenvalue weighted by Gasteiger charge is 2.23. The van der Waals surface area contributed by atoms with Gasteiger partial charge in [0.15, 0.2) is 0 Å². The van der Waals surface area contributed by atoms with Gasteiger partial charge in [0.1, 0.15) is 36.1 Å². The molecule has 0 bridgehead atoms. The predicted molar refractivity (Wildman–Crippen MR) is 164 cm³/mol. The maximum Gasteiger partial charge on any atom is 0.250 e. The van der Waals surface area contributed by atoms with Crippen LogP contribution < -0.4 is 19.7 Å². The van der Waals surface area contributed by atoms with Crippen LogP contribution in [0.2, 0.25) is 5.02 Å². The lowest BCUT2D eigenvalue weighted by molar-refractivity contribution is -0.114. The molecule has 1 fully saturated rings. The van der Waals surface area contributed by atoms with Gasteiger partial charge in [0.05, 0.1) is 36.0 Å². The van der Waals surface area contributed by atoms with Crippen molar-refractivity contribution >= 4 is 45.6 Å². The van der Waals surface area contributed by atoms with Crippen molar-refractivity contribution in [3.8, 4) is 11.5 Å². The van der Waals surface area contributed by atoms with E-state index in [4.69, 9.17) is 25.8 Å². The van der Waals surface area contributed by atoms with E-state index in [1.54, 1.807) is 35.2 Å². The molecule has 1 N–H and O–H groups in total. The first kappa shape index (κ1) is 28.9. The Morgan fingerprint density at radius 2 is 1.95 bits per heavy atom. The van der Waals surface area contributed by atoms with Gasteiger partial charge >= 0.3 is 0 Å². The van der Waals surface area contributed by atoms with Crippen LogP contribution in [-0.2, 0) is 16.1 Å². The van der Waals surface area contributed by atoms with Crippen molar-refractivity contribution in [1.29, 1.82) is 0 Å². The molecule has 0 atom stereocenters. The van der Waals surface area contributed by atoms with Crippen molar-refractivity contribution < 1.29 is 23.4 Å². The van der Waals surface area contributed by atoms with E-state index in [2.05, 4.69) is 20.2 Å². The van der Waals surface area contributed by atoms with E-state index in [9.17, 15) is 9.18 Å². The summed E-state index contributed by atoms with van der Waals surface area (Å²) in [7, 11) is 0. The number of carbonyl (C=O) groups is 1. The van der Waals surface area contributed by atoms with Gasteiger partial charge < -0.3 is 24.4 Å². The largest absolute Gasteiger partial charge is 0.491 e. The number of rotatable bonds is 8. The second-order valence-corrected chi connectivity index (χ2v) is 10.7. The summed E-state index contributed by atoms with van der Waals surface area (Å²) < 4.78 is 30.7. The van der Waals surface area contributed by atoms with Crippen LogP contribution in [0.4, 0.5) is 21.6 Å². The molecule has 6 rings (SSSR count). The number of benzene rings is 3. The number of anilines is 3. The van der Waals surface area contributed by atoms with Crippen molar-refractivity contribution in [1.82, 2.24) is 14.9 Å². The number of ether oxygens (including phenoxy) is 3. The van der Waals surface area contributed by atoms with Crippen molar-refractivity contribution in [3.63, 3.8) is 0 Å². The Bertz CT molecular complexity index is 1650. The first-order valence-corrected chi connectivity index (χ1v) is 14.5. The molecule has 3 heterocycles. The number of nitrogens with zero attached hydrogens (tertiary/aromatic N) is 4. The number of nitrogens with one attached hydrogen (secondary N) is 1. The number of aromatic nitrogens is 2. The molecule has 1 amide bonds. The van der Waals surface area contributed by atoms with E-state index in [1.807, 2.05) is 24.3 Å². The molecule has 0 saturated carbocycles. The normalized spacial score (nSPS) is 15.6. The highest BCUT2D eigenvalue weighted by Crippen LogP contribution is 2.38. The minimum atomic E-state index is -0.319. The number of amides is 1. The second kappa shape index (κ2) is 13.4. The SMILES string of the molecule is O=C(/C=C/CN1CCOCC1)N1CCCOc2cc3ncnc(Nc4ccc(OCc5cccc(F)c5)c(Cl)c4)c3cc21. The van der Waals surface area contributed by atoms with Gasteiger partial charge in [0.2, 0.25) is 0 Å². The van der Waals surface area contributed by atoms with Gasteiger partial charge in [-0.15, -0.1) is 0 Å². The quantitative estimate of drug-likeness (QED) is 0.255. The van der Waals surface area contributed by atoms with E-state index >= 15 is 0 Å². The number of carbonyl (C=O) groups excluding carboxylic acids is 1. The summed E-state index contributed by atoms with van der Waals surface area (Å²) in [5.74, 6) is 1.21. The summed E-state index contributed by atoms with van der Waals surface area (Å²) in [6, 6.07) is 15.3. The zero-order chi connectivity index (χ0) is 29.6. The van der Waals surface area contributed by atoms with Crippen LogP contribution in [0.5, 0.6) is 11.5 Å². The van der Waals surface area contributed by atoms with E-state index in [0.29, 0.717) is 84.1 Å². The molecular weight excluding hydrogens is 573 g/mol. The number of hydrogen-bond donors (Lipinski definition) is 1. The third-order valence-electron chi connectivity index (χ3n) is 7.26. The molecule has 0 unspecified atom stereocenters.